The predicted octanol–water partition coefficient (Wildman–Crippen LogP) is 5.23. The summed E-state index contributed by atoms with van der Waals surface area (Å²) in [6, 6.07) is 16.2. The Labute approximate surface area is 192 Å². The van der Waals surface area contributed by atoms with E-state index in [1.807, 2.05) is 32.0 Å². The van der Waals surface area contributed by atoms with E-state index >= 15 is 0 Å². The van der Waals surface area contributed by atoms with Crippen LogP contribution in [0.2, 0.25) is 0 Å². The molecule has 0 aliphatic heterocycles. The van der Waals surface area contributed by atoms with Gasteiger partial charge in [0.2, 0.25) is 0 Å². The van der Waals surface area contributed by atoms with Crippen LogP contribution >= 0.6 is 0 Å². The highest BCUT2D eigenvalue weighted by molar-refractivity contribution is 6.05. The Bertz CT molecular complexity index is 1110. The van der Waals surface area contributed by atoms with Crippen molar-refractivity contribution >= 4 is 23.2 Å². The van der Waals surface area contributed by atoms with Crippen LogP contribution in [0, 0.1) is 5.82 Å². The standard InChI is InChI=1S/C26H27FN2O4/c1-4-17-7-6-8-18(5-2)25(17)29-26(31)19-9-14-22(23(15-19)32-3)33-16-24(30)28-21-12-10-20(27)11-13-21/h6-15H,4-5,16H2,1-3H3,(H,28,30)(H,29,31). The van der Waals surface area contributed by atoms with Crippen molar-refractivity contribution in [3.8, 4) is 11.5 Å². The Hall–Kier alpha value is -3.87. The first-order valence-electron chi connectivity index (χ1n) is 10.7. The molecule has 0 saturated carbocycles. The molecule has 3 rings (SSSR count). The van der Waals surface area contributed by atoms with Crippen LogP contribution in [0.5, 0.6) is 11.5 Å². The maximum Gasteiger partial charge on any atom is 0.262 e. The third-order valence-electron chi connectivity index (χ3n) is 5.15. The van der Waals surface area contributed by atoms with Gasteiger partial charge in [0.05, 0.1) is 7.11 Å². The first-order valence-corrected chi connectivity index (χ1v) is 10.7. The number of amides is 2. The first kappa shape index (κ1) is 23.8. The SMILES string of the molecule is CCc1cccc(CC)c1NC(=O)c1ccc(OCC(=O)Nc2ccc(F)cc2)c(OC)c1. The van der Waals surface area contributed by atoms with E-state index in [1.54, 1.807) is 18.2 Å². The number of para-hydroxylation sites is 1. The average Bonchev–Trinajstić information content (AvgIpc) is 2.84. The van der Waals surface area contributed by atoms with Crippen molar-refractivity contribution in [1.82, 2.24) is 0 Å². The quantitative estimate of drug-likeness (QED) is 0.468. The fraction of sp³-hybridized carbons (Fsp3) is 0.231. The summed E-state index contributed by atoms with van der Waals surface area (Å²) in [6.07, 6.45) is 1.61. The second kappa shape index (κ2) is 11.1. The third-order valence-corrected chi connectivity index (χ3v) is 5.15. The zero-order chi connectivity index (χ0) is 23.8. The Morgan fingerprint density at radius 2 is 1.55 bits per heavy atom. The average molecular weight is 451 g/mol. The summed E-state index contributed by atoms with van der Waals surface area (Å²) in [5.41, 5.74) is 3.85. The molecule has 6 nitrogen and oxygen atoms in total. The highest BCUT2D eigenvalue weighted by atomic mass is 19.1. The summed E-state index contributed by atoms with van der Waals surface area (Å²) in [4.78, 5) is 25.1. The first-order chi connectivity index (χ1) is 15.9. The van der Waals surface area contributed by atoms with E-state index in [0.29, 0.717) is 22.7 Å². The van der Waals surface area contributed by atoms with Gasteiger partial charge in [0, 0.05) is 16.9 Å². The lowest BCUT2D eigenvalue weighted by molar-refractivity contribution is -0.118. The highest BCUT2D eigenvalue weighted by Crippen LogP contribution is 2.29. The van der Waals surface area contributed by atoms with Gasteiger partial charge in [-0.05, 0) is 66.4 Å². The molecule has 0 fully saturated rings. The molecule has 0 spiro atoms. The van der Waals surface area contributed by atoms with Gasteiger partial charge >= 0.3 is 0 Å². The smallest absolute Gasteiger partial charge is 0.262 e. The Morgan fingerprint density at radius 1 is 0.879 bits per heavy atom. The number of nitrogens with one attached hydrogen (secondary N) is 2. The van der Waals surface area contributed by atoms with Gasteiger partial charge in [-0.15, -0.1) is 0 Å². The molecule has 0 radical (unpaired) electrons. The number of aryl methyl sites for hydroxylation is 2. The molecule has 3 aromatic carbocycles. The molecule has 0 aliphatic carbocycles. The van der Waals surface area contributed by atoms with Crippen LogP contribution in [-0.4, -0.2) is 25.5 Å². The third kappa shape index (κ3) is 6.10. The predicted molar refractivity (Wildman–Crippen MR) is 127 cm³/mol. The molecule has 172 valence electrons. The van der Waals surface area contributed by atoms with Crippen LogP contribution in [0.15, 0.2) is 60.7 Å². The molecule has 0 saturated heterocycles. The van der Waals surface area contributed by atoms with E-state index in [1.165, 1.54) is 31.4 Å². The summed E-state index contributed by atoms with van der Waals surface area (Å²) in [5.74, 6) is -0.399. The van der Waals surface area contributed by atoms with Gasteiger partial charge in [-0.3, -0.25) is 9.59 Å². The van der Waals surface area contributed by atoms with Crippen LogP contribution in [-0.2, 0) is 17.6 Å². The molecule has 2 amide bonds. The maximum atomic E-state index is 13.0. The van der Waals surface area contributed by atoms with Gasteiger partial charge in [0.15, 0.2) is 18.1 Å². The molecule has 0 unspecified atom stereocenters. The van der Waals surface area contributed by atoms with E-state index in [0.717, 1.165) is 29.7 Å². The number of ether oxygens (including phenoxy) is 2. The normalized spacial score (nSPS) is 10.4. The lowest BCUT2D eigenvalue weighted by atomic mass is 10.0. The van der Waals surface area contributed by atoms with E-state index in [-0.39, 0.29) is 18.3 Å². The topological polar surface area (TPSA) is 76.7 Å². The van der Waals surface area contributed by atoms with Crippen molar-refractivity contribution in [1.29, 1.82) is 0 Å². The van der Waals surface area contributed by atoms with Crippen molar-refractivity contribution in [3.63, 3.8) is 0 Å². The number of methoxy groups -OCH3 is 1. The number of carbonyl (C=O) groups excluding carboxylic acids is 2. The van der Waals surface area contributed by atoms with Crippen molar-refractivity contribution in [2.75, 3.05) is 24.4 Å². The maximum absolute atomic E-state index is 13.0. The molecule has 0 aromatic heterocycles. The van der Waals surface area contributed by atoms with Crippen LogP contribution in [0.3, 0.4) is 0 Å². The highest BCUT2D eigenvalue weighted by Gasteiger charge is 2.15. The Balaban J connectivity index is 1.68. The van der Waals surface area contributed by atoms with E-state index < -0.39 is 5.91 Å². The molecule has 33 heavy (non-hydrogen) atoms. The molecule has 3 aromatic rings. The van der Waals surface area contributed by atoms with Crippen molar-refractivity contribution in [2.45, 2.75) is 26.7 Å². The Kier molecular flexibility index (Phi) is 8.02. The molecular formula is C26H27FN2O4. The zero-order valence-electron chi connectivity index (χ0n) is 18.9. The van der Waals surface area contributed by atoms with Gasteiger partial charge in [0.25, 0.3) is 11.8 Å². The summed E-state index contributed by atoms with van der Waals surface area (Å²) in [6.45, 7) is 3.82. The number of halogens is 1. The second-order valence-electron chi connectivity index (χ2n) is 7.32. The van der Waals surface area contributed by atoms with Gasteiger partial charge in [-0.1, -0.05) is 32.0 Å². The van der Waals surface area contributed by atoms with Gasteiger partial charge in [-0.25, -0.2) is 4.39 Å². The summed E-state index contributed by atoms with van der Waals surface area (Å²) in [7, 11) is 1.46. The van der Waals surface area contributed by atoms with Crippen LogP contribution in [0.25, 0.3) is 0 Å². The summed E-state index contributed by atoms with van der Waals surface area (Å²) in [5, 5.41) is 5.64. The summed E-state index contributed by atoms with van der Waals surface area (Å²) >= 11 is 0. The summed E-state index contributed by atoms with van der Waals surface area (Å²) < 4.78 is 23.9. The largest absolute Gasteiger partial charge is 0.493 e. The van der Waals surface area contributed by atoms with E-state index in [4.69, 9.17) is 9.47 Å². The van der Waals surface area contributed by atoms with Gasteiger partial charge in [-0.2, -0.15) is 0 Å². The van der Waals surface area contributed by atoms with E-state index in [9.17, 15) is 14.0 Å². The van der Waals surface area contributed by atoms with Crippen LogP contribution in [0.4, 0.5) is 15.8 Å². The molecule has 0 bridgehead atoms. The minimum atomic E-state index is -0.409. The van der Waals surface area contributed by atoms with Crippen LogP contribution < -0.4 is 20.1 Å². The zero-order valence-corrected chi connectivity index (χ0v) is 18.9. The fourth-order valence-corrected chi connectivity index (χ4v) is 3.39. The lowest BCUT2D eigenvalue weighted by Gasteiger charge is -2.16. The van der Waals surface area contributed by atoms with Crippen molar-refractivity contribution in [2.24, 2.45) is 0 Å². The van der Waals surface area contributed by atoms with Gasteiger partial charge in [0.1, 0.15) is 5.82 Å². The molecular weight excluding hydrogens is 423 g/mol. The number of carbonyl (C=O) groups is 2. The number of benzene rings is 3. The lowest BCUT2D eigenvalue weighted by Crippen LogP contribution is -2.20. The second-order valence-corrected chi connectivity index (χ2v) is 7.32. The fourth-order valence-electron chi connectivity index (χ4n) is 3.39. The number of anilines is 2. The van der Waals surface area contributed by atoms with Gasteiger partial charge < -0.3 is 20.1 Å². The minimum Gasteiger partial charge on any atom is -0.493 e. The number of hydrogen-bond acceptors (Lipinski definition) is 4. The number of hydrogen-bond donors (Lipinski definition) is 2. The van der Waals surface area contributed by atoms with Crippen molar-refractivity contribution < 1.29 is 23.5 Å². The number of rotatable bonds is 9. The van der Waals surface area contributed by atoms with Crippen molar-refractivity contribution in [3.05, 3.63) is 83.2 Å². The molecule has 2 N–H and O–H groups in total. The van der Waals surface area contributed by atoms with E-state index in [2.05, 4.69) is 10.6 Å². The molecule has 7 heteroatoms. The molecule has 0 atom stereocenters. The monoisotopic (exact) mass is 450 g/mol. The minimum absolute atomic E-state index is 0.260. The van der Waals surface area contributed by atoms with Crippen LogP contribution in [0.1, 0.15) is 35.3 Å². The molecule has 0 aliphatic rings. The Morgan fingerprint density at radius 3 is 2.15 bits per heavy atom. The molecule has 0 heterocycles.